The van der Waals surface area contributed by atoms with Crippen molar-refractivity contribution in [2.45, 2.75) is 18.4 Å². The summed E-state index contributed by atoms with van der Waals surface area (Å²) in [5.74, 6) is 0.00614. The molecule has 0 aliphatic rings. The van der Waals surface area contributed by atoms with E-state index in [9.17, 15) is 18.0 Å². The standard InChI is InChI=1S/C22H21N5O5S/c1-2-32-20-11-14(9-10-23-20)13-24-21(28)16-5-3-4-6-17(16)27-33(30,31)15-7-8-18-19(12-15)26-22(29)25-18/h3-12,27H,2,13H2,1H3,(H,24,28)(H2,25,26,29). The van der Waals surface area contributed by atoms with E-state index < -0.39 is 21.6 Å². The topological polar surface area (TPSA) is 146 Å². The highest BCUT2D eigenvalue weighted by atomic mass is 32.2. The number of benzene rings is 2. The number of hydrogen-bond donors (Lipinski definition) is 4. The Labute approximate surface area is 189 Å². The third-order valence-electron chi connectivity index (χ3n) is 4.76. The van der Waals surface area contributed by atoms with Gasteiger partial charge in [0, 0.05) is 18.8 Å². The first kappa shape index (κ1) is 22.1. The van der Waals surface area contributed by atoms with E-state index in [1.807, 2.05) is 6.92 Å². The third-order valence-corrected chi connectivity index (χ3v) is 6.12. The predicted molar refractivity (Wildman–Crippen MR) is 123 cm³/mol. The summed E-state index contributed by atoms with van der Waals surface area (Å²) in [5, 5.41) is 2.78. The largest absolute Gasteiger partial charge is 0.478 e. The van der Waals surface area contributed by atoms with Gasteiger partial charge in [0.1, 0.15) is 0 Å². The van der Waals surface area contributed by atoms with Crippen molar-refractivity contribution in [1.82, 2.24) is 20.3 Å². The van der Waals surface area contributed by atoms with Gasteiger partial charge in [-0.3, -0.25) is 9.52 Å². The molecule has 0 saturated carbocycles. The van der Waals surface area contributed by atoms with Crippen LogP contribution in [0.1, 0.15) is 22.8 Å². The van der Waals surface area contributed by atoms with Crippen LogP contribution in [0.2, 0.25) is 0 Å². The molecule has 170 valence electrons. The molecule has 2 heterocycles. The molecule has 10 nitrogen and oxygen atoms in total. The van der Waals surface area contributed by atoms with Gasteiger partial charge in [-0.2, -0.15) is 0 Å². The zero-order chi connectivity index (χ0) is 23.4. The number of ether oxygens (including phenoxy) is 1. The number of hydrogen-bond acceptors (Lipinski definition) is 6. The minimum atomic E-state index is -4.02. The number of H-pyrrole nitrogens is 2. The molecule has 0 spiro atoms. The highest BCUT2D eigenvalue weighted by Gasteiger charge is 2.19. The number of aromatic nitrogens is 3. The summed E-state index contributed by atoms with van der Waals surface area (Å²) in [7, 11) is -4.02. The van der Waals surface area contributed by atoms with Gasteiger partial charge in [-0.15, -0.1) is 0 Å². The second kappa shape index (κ2) is 9.17. The lowest BCUT2D eigenvalue weighted by Crippen LogP contribution is -2.25. The average Bonchev–Trinajstić information content (AvgIpc) is 3.17. The molecule has 1 amide bonds. The maximum Gasteiger partial charge on any atom is 0.323 e. The molecular weight excluding hydrogens is 446 g/mol. The van der Waals surface area contributed by atoms with Gasteiger partial charge in [0.2, 0.25) is 5.88 Å². The number of imidazole rings is 1. The summed E-state index contributed by atoms with van der Waals surface area (Å²) in [4.78, 5) is 33.4. The molecule has 11 heteroatoms. The summed E-state index contributed by atoms with van der Waals surface area (Å²) in [6, 6.07) is 14.0. The molecule has 0 atom stereocenters. The van der Waals surface area contributed by atoms with Gasteiger partial charge in [-0.05, 0) is 48.9 Å². The van der Waals surface area contributed by atoms with Crippen molar-refractivity contribution in [3.05, 3.63) is 82.4 Å². The molecule has 0 fully saturated rings. The Morgan fingerprint density at radius 1 is 1.06 bits per heavy atom. The maximum absolute atomic E-state index is 12.9. The van der Waals surface area contributed by atoms with E-state index in [0.717, 1.165) is 5.56 Å². The first-order valence-electron chi connectivity index (χ1n) is 10.1. The maximum atomic E-state index is 12.9. The lowest BCUT2D eigenvalue weighted by atomic mass is 10.1. The van der Waals surface area contributed by atoms with Crippen LogP contribution in [0, 0.1) is 0 Å². The van der Waals surface area contributed by atoms with Crippen molar-refractivity contribution in [2.75, 3.05) is 11.3 Å². The van der Waals surface area contributed by atoms with Crippen LogP contribution in [0.3, 0.4) is 0 Å². The van der Waals surface area contributed by atoms with Gasteiger partial charge in [-0.1, -0.05) is 12.1 Å². The van der Waals surface area contributed by atoms with Crippen molar-refractivity contribution < 1.29 is 17.9 Å². The molecule has 0 bridgehead atoms. The first-order chi connectivity index (χ1) is 15.9. The molecule has 0 radical (unpaired) electrons. The van der Waals surface area contributed by atoms with Gasteiger partial charge in [0.15, 0.2) is 0 Å². The number of aromatic amines is 2. The number of carbonyl (C=O) groups excluding carboxylic acids is 1. The molecule has 33 heavy (non-hydrogen) atoms. The van der Waals surface area contributed by atoms with Crippen LogP contribution in [0.25, 0.3) is 11.0 Å². The molecule has 4 N–H and O–H groups in total. The molecule has 2 aromatic carbocycles. The van der Waals surface area contributed by atoms with Gasteiger partial charge in [0.25, 0.3) is 15.9 Å². The number of carbonyl (C=O) groups is 1. The molecular formula is C22H21N5O5S. The SMILES string of the molecule is CCOc1cc(CNC(=O)c2ccccc2NS(=O)(=O)c2ccc3[nH]c(=O)[nH]c3c2)ccn1. The highest BCUT2D eigenvalue weighted by Crippen LogP contribution is 2.22. The van der Waals surface area contributed by atoms with Crippen molar-refractivity contribution in [2.24, 2.45) is 0 Å². The number of para-hydroxylation sites is 1. The molecule has 2 aromatic heterocycles. The second-order valence-corrected chi connectivity index (χ2v) is 8.74. The number of pyridine rings is 1. The summed E-state index contributed by atoms with van der Waals surface area (Å²) in [5.41, 5.74) is 1.49. The second-order valence-electron chi connectivity index (χ2n) is 7.06. The fourth-order valence-corrected chi connectivity index (χ4v) is 4.32. The summed E-state index contributed by atoms with van der Waals surface area (Å²) < 4.78 is 33.7. The summed E-state index contributed by atoms with van der Waals surface area (Å²) in [6.45, 7) is 2.53. The van der Waals surface area contributed by atoms with Gasteiger partial charge < -0.3 is 20.0 Å². The summed E-state index contributed by atoms with van der Waals surface area (Å²) >= 11 is 0. The molecule has 4 aromatic rings. The van der Waals surface area contributed by atoms with E-state index in [1.165, 1.54) is 30.3 Å². The Balaban J connectivity index is 1.53. The van der Waals surface area contributed by atoms with E-state index >= 15 is 0 Å². The number of rotatable bonds is 8. The Hall–Kier alpha value is -4.12. The number of sulfonamides is 1. The van der Waals surface area contributed by atoms with E-state index in [4.69, 9.17) is 4.74 Å². The van der Waals surface area contributed by atoms with Crippen molar-refractivity contribution in [3.63, 3.8) is 0 Å². The first-order valence-corrected chi connectivity index (χ1v) is 11.5. The van der Waals surface area contributed by atoms with E-state index in [2.05, 4.69) is 25.0 Å². The summed E-state index contributed by atoms with van der Waals surface area (Å²) in [6.07, 6.45) is 1.59. The lowest BCUT2D eigenvalue weighted by molar-refractivity contribution is 0.0951. The monoisotopic (exact) mass is 467 g/mol. The number of fused-ring (bicyclic) bond motifs is 1. The minimum Gasteiger partial charge on any atom is -0.478 e. The number of anilines is 1. The van der Waals surface area contributed by atoms with Crippen LogP contribution in [0.4, 0.5) is 5.69 Å². The van der Waals surface area contributed by atoms with Crippen LogP contribution in [0.5, 0.6) is 5.88 Å². The van der Waals surface area contributed by atoms with Crippen LogP contribution < -0.4 is 20.5 Å². The van der Waals surface area contributed by atoms with Crippen LogP contribution in [-0.2, 0) is 16.6 Å². The smallest absolute Gasteiger partial charge is 0.323 e. The van der Waals surface area contributed by atoms with E-state index in [1.54, 1.807) is 30.5 Å². The van der Waals surface area contributed by atoms with Gasteiger partial charge >= 0.3 is 5.69 Å². The average molecular weight is 468 g/mol. The van der Waals surface area contributed by atoms with Crippen molar-refractivity contribution in [3.8, 4) is 5.88 Å². The number of nitrogens with one attached hydrogen (secondary N) is 4. The molecule has 0 aliphatic heterocycles. The molecule has 4 rings (SSSR count). The van der Waals surface area contributed by atoms with Crippen LogP contribution >= 0.6 is 0 Å². The molecule has 0 unspecified atom stereocenters. The number of nitrogens with zero attached hydrogens (tertiary/aromatic N) is 1. The quantitative estimate of drug-likeness (QED) is 0.313. The lowest BCUT2D eigenvalue weighted by Gasteiger charge is -2.13. The third kappa shape index (κ3) is 5.04. The van der Waals surface area contributed by atoms with Crippen LogP contribution in [-0.4, -0.2) is 35.9 Å². The predicted octanol–water partition coefficient (Wildman–Crippen LogP) is 2.38. The number of amides is 1. The fraction of sp³-hybridized carbons (Fsp3) is 0.136. The Kier molecular flexibility index (Phi) is 6.13. The van der Waals surface area contributed by atoms with Crippen molar-refractivity contribution >= 4 is 32.7 Å². The Morgan fingerprint density at radius 3 is 2.67 bits per heavy atom. The van der Waals surface area contributed by atoms with E-state index in [0.29, 0.717) is 23.5 Å². The zero-order valence-corrected chi connectivity index (χ0v) is 18.4. The van der Waals surface area contributed by atoms with Gasteiger partial charge in [0.05, 0.1) is 33.8 Å². The zero-order valence-electron chi connectivity index (χ0n) is 17.6. The Morgan fingerprint density at radius 2 is 1.85 bits per heavy atom. The fourth-order valence-electron chi connectivity index (χ4n) is 3.22. The molecule has 0 aliphatic carbocycles. The van der Waals surface area contributed by atoms with Gasteiger partial charge in [-0.25, -0.2) is 18.2 Å². The normalized spacial score (nSPS) is 11.3. The van der Waals surface area contributed by atoms with Crippen LogP contribution in [0.15, 0.2) is 70.5 Å². The van der Waals surface area contributed by atoms with Crippen molar-refractivity contribution in [1.29, 1.82) is 0 Å². The Bertz CT molecular complexity index is 1480. The molecule has 0 saturated heterocycles. The minimum absolute atomic E-state index is 0.0549. The highest BCUT2D eigenvalue weighted by molar-refractivity contribution is 7.92. The van der Waals surface area contributed by atoms with E-state index in [-0.39, 0.29) is 22.7 Å².